The second-order valence-corrected chi connectivity index (χ2v) is 2.69. The molecule has 0 spiro atoms. The van der Waals surface area contributed by atoms with Crippen molar-refractivity contribution < 1.29 is 18.0 Å². The summed E-state index contributed by atoms with van der Waals surface area (Å²) in [7, 11) is 0. The average Bonchev–Trinajstić information content (AvgIpc) is 1.99. The fourth-order valence-corrected chi connectivity index (χ4v) is 0.863. The zero-order valence-electron chi connectivity index (χ0n) is 7.28. The van der Waals surface area contributed by atoms with Gasteiger partial charge >= 0.3 is 11.9 Å². The van der Waals surface area contributed by atoms with Crippen molar-refractivity contribution in [1.82, 2.24) is 9.55 Å². The van der Waals surface area contributed by atoms with E-state index in [9.17, 15) is 22.8 Å². The van der Waals surface area contributed by atoms with E-state index in [2.05, 4.69) is 4.98 Å². The van der Waals surface area contributed by atoms with Gasteiger partial charge in [-0.1, -0.05) is 0 Å². The Labute approximate surface area is 81.3 Å². The van der Waals surface area contributed by atoms with Gasteiger partial charge in [0.2, 0.25) is 5.91 Å². The first-order chi connectivity index (χ1) is 6.79. The van der Waals surface area contributed by atoms with Crippen molar-refractivity contribution in [2.45, 2.75) is 12.6 Å². The molecule has 0 aliphatic rings. The third-order valence-corrected chi connectivity index (χ3v) is 1.45. The monoisotopic (exact) mass is 221 g/mol. The summed E-state index contributed by atoms with van der Waals surface area (Å²) in [5.41, 5.74) is 3.98. The molecule has 0 bridgehead atoms. The highest BCUT2D eigenvalue weighted by molar-refractivity contribution is 5.79. The Morgan fingerprint density at radius 3 is 2.60 bits per heavy atom. The zero-order chi connectivity index (χ0) is 11.6. The Hall–Kier alpha value is -1.86. The number of rotatable bonds is 1. The van der Waals surface area contributed by atoms with Gasteiger partial charge in [-0.15, -0.1) is 0 Å². The highest BCUT2D eigenvalue weighted by atomic mass is 19.4. The minimum absolute atomic E-state index is 0.156. The minimum atomic E-state index is -4.65. The third-order valence-electron chi connectivity index (χ3n) is 1.45. The molecule has 0 amide bonds. The number of carbonyl (C=O) groups is 1. The van der Waals surface area contributed by atoms with Gasteiger partial charge < -0.3 is 5.73 Å². The van der Waals surface area contributed by atoms with Crippen molar-refractivity contribution in [2.75, 3.05) is 5.73 Å². The quantitative estimate of drug-likeness (QED) is 0.745. The van der Waals surface area contributed by atoms with Crippen LogP contribution in [0.1, 0.15) is 11.2 Å². The summed E-state index contributed by atoms with van der Waals surface area (Å²) < 4.78 is 35.7. The predicted octanol–water partition coefficient (Wildman–Crippen LogP) is 0.418. The standard InChI is InChI=1S/C7H6F3N3O2/c8-7(9,10)3-5(14)13-2-1-4(11)12-6(13)15/h1-2H,3H2,(H2,11,12,15). The van der Waals surface area contributed by atoms with Crippen LogP contribution in [0.25, 0.3) is 0 Å². The van der Waals surface area contributed by atoms with E-state index in [4.69, 9.17) is 5.73 Å². The molecule has 0 unspecified atom stereocenters. The second-order valence-electron chi connectivity index (χ2n) is 2.69. The van der Waals surface area contributed by atoms with Crippen LogP contribution in [0.4, 0.5) is 19.0 Å². The number of nitrogens with two attached hydrogens (primary N) is 1. The smallest absolute Gasteiger partial charge is 0.383 e. The molecule has 82 valence electrons. The minimum Gasteiger partial charge on any atom is -0.383 e. The van der Waals surface area contributed by atoms with Crippen molar-refractivity contribution in [2.24, 2.45) is 0 Å². The summed E-state index contributed by atoms with van der Waals surface area (Å²) in [6.45, 7) is 0. The summed E-state index contributed by atoms with van der Waals surface area (Å²) in [5.74, 6) is -1.55. The molecule has 0 atom stereocenters. The molecule has 1 aromatic heterocycles. The number of hydrogen-bond acceptors (Lipinski definition) is 4. The van der Waals surface area contributed by atoms with E-state index < -0.39 is 24.2 Å². The van der Waals surface area contributed by atoms with Crippen LogP contribution in [0.3, 0.4) is 0 Å². The third kappa shape index (κ3) is 3.08. The fourth-order valence-electron chi connectivity index (χ4n) is 0.863. The van der Waals surface area contributed by atoms with Gasteiger partial charge in [-0.3, -0.25) is 4.79 Å². The summed E-state index contributed by atoms with van der Waals surface area (Å²) >= 11 is 0. The summed E-state index contributed by atoms with van der Waals surface area (Å²) in [4.78, 5) is 25.0. The number of hydrogen-bond donors (Lipinski definition) is 1. The number of nitrogen functional groups attached to an aromatic ring is 1. The summed E-state index contributed by atoms with van der Waals surface area (Å²) in [6.07, 6.45) is -5.50. The Morgan fingerprint density at radius 2 is 2.13 bits per heavy atom. The normalized spacial score (nSPS) is 11.4. The van der Waals surface area contributed by atoms with Gasteiger partial charge in [0.25, 0.3) is 0 Å². The SMILES string of the molecule is Nc1ccn(C(=O)CC(F)(F)F)c(=O)n1. The van der Waals surface area contributed by atoms with Crippen LogP contribution in [0.5, 0.6) is 0 Å². The van der Waals surface area contributed by atoms with Crippen molar-refractivity contribution in [3.8, 4) is 0 Å². The fraction of sp³-hybridized carbons (Fsp3) is 0.286. The lowest BCUT2D eigenvalue weighted by molar-refractivity contribution is -0.126. The molecule has 2 N–H and O–H groups in total. The molecular weight excluding hydrogens is 215 g/mol. The van der Waals surface area contributed by atoms with E-state index in [1.807, 2.05) is 0 Å². The van der Waals surface area contributed by atoms with E-state index in [1.54, 1.807) is 0 Å². The van der Waals surface area contributed by atoms with Gasteiger partial charge in [-0.2, -0.15) is 18.2 Å². The van der Waals surface area contributed by atoms with Crippen LogP contribution in [-0.2, 0) is 0 Å². The molecule has 0 saturated carbocycles. The van der Waals surface area contributed by atoms with Crippen LogP contribution in [0.15, 0.2) is 17.1 Å². The van der Waals surface area contributed by atoms with E-state index in [1.165, 1.54) is 0 Å². The molecule has 0 saturated heterocycles. The van der Waals surface area contributed by atoms with Crippen LogP contribution < -0.4 is 11.4 Å². The van der Waals surface area contributed by atoms with E-state index in [0.717, 1.165) is 12.3 Å². The highest BCUT2D eigenvalue weighted by Gasteiger charge is 2.32. The Bertz CT molecular complexity index is 438. The number of halogens is 3. The molecule has 0 radical (unpaired) electrons. The molecule has 0 aliphatic heterocycles. The van der Waals surface area contributed by atoms with Crippen molar-refractivity contribution in [1.29, 1.82) is 0 Å². The van der Waals surface area contributed by atoms with Crippen molar-refractivity contribution in [3.05, 3.63) is 22.7 Å². The maximum absolute atomic E-state index is 11.8. The lowest BCUT2D eigenvalue weighted by atomic mass is 10.4. The molecule has 1 heterocycles. The first kappa shape index (κ1) is 11.2. The number of aromatic nitrogens is 2. The molecule has 5 nitrogen and oxygen atoms in total. The van der Waals surface area contributed by atoms with Gasteiger partial charge in [0.15, 0.2) is 0 Å². The van der Waals surface area contributed by atoms with Gasteiger partial charge in [0.05, 0.1) is 0 Å². The van der Waals surface area contributed by atoms with Crippen LogP contribution in [0.2, 0.25) is 0 Å². The first-order valence-electron chi connectivity index (χ1n) is 3.75. The lowest BCUT2D eigenvalue weighted by Gasteiger charge is -2.06. The number of alkyl halides is 3. The van der Waals surface area contributed by atoms with Crippen molar-refractivity contribution in [3.63, 3.8) is 0 Å². The number of nitrogens with zero attached hydrogens (tertiary/aromatic N) is 2. The van der Waals surface area contributed by atoms with E-state index in [-0.39, 0.29) is 10.4 Å². The number of anilines is 1. The molecule has 1 rings (SSSR count). The lowest BCUT2D eigenvalue weighted by Crippen LogP contribution is -2.31. The molecule has 8 heteroatoms. The second kappa shape index (κ2) is 3.71. The Kier molecular flexibility index (Phi) is 2.78. The van der Waals surface area contributed by atoms with Gasteiger partial charge in [0.1, 0.15) is 12.2 Å². The van der Waals surface area contributed by atoms with Crippen LogP contribution in [0, 0.1) is 0 Å². The van der Waals surface area contributed by atoms with Crippen LogP contribution in [-0.4, -0.2) is 21.6 Å². The topological polar surface area (TPSA) is 78.0 Å². The van der Waals surface area contributed by atoms with Gasteiger partial charge in [-0.25, -0.2) is 9.36 Å². The maximum Gasteiger partial charge on any atom is 0.397 e. The summed E-state index contributed by atoms with van der Waals surface area (Å²) in [5, 5.41) is 0. The Balaban J connectivity index is 2.98. The van der Waals surface area contributed by atoms with Gasteiger partial charge in [-0.05, 0) is 6.07 Å². The zero-order valence-corrected chi connectivity index (χ0v) is 7.28. The Morgan fingerprint density at radius 1 is 1.53 bits per heavy atom. The molecular formula is C7H6F3N3O2. The van der Waals surface area contributed by atoms with Gasteiger partial charge in [0, 0.05) is 6.20 Å². The molecule has 15 heavy (non-hydrogen) atoms. The van der Waals surface area contributed by atoms with E-state index >= 15 is 0 Å². The molecule has 0 fully saturated rings. The largest absolute Gasteiger partial charge is 0.397 e. The maximum atomic E-state index is 11.8. The first-order valence-corrected chi connectivity index (χ1v) is 3.75. The average molecular weight is 221 g/mol. The summed E-state index contributed by atoms with van der Waals surface area (Å²) in [6, 6.07) is 1.07. The molecule has 0 aliphatic carbocycles. The van der Waals surface area contributed by atoms with Crippen molar-refractivity contribution >= 4 is 11.7 Å². The van der Waals surface area contributed by atoms with E-state index in [0.29, 0.717) is 0 Å². The number of carbonyl (C=O) groups excluding carboxylic acids is 1. The van der Waals surface area contributed by atoms with Crippen LogP contribution >= 0.6 is 0 Å². The molecule has 1 aromatic rings. The molecule has 0 aromatic carbocycles. The highest BCUT2D eigenvalue weighted by Crippen LogP contribution is 2.19. The predicted molar refractivity (Wildman–Crippen MR) is 44.2 cm³/mol.